The van der Waals surface area contributed by atoms with Gasteiger partial charge in [-0.3, -0.25) is 0 Å². The number of methoxy groups -OCH3 is 1. The highest BCUT2D eigenvalue weighted by Gasteiger charge is 2.23. The number of nitrogens with one attached hydrogen (secondary N) is 1. The van der Waals surface area contributed by atoms with Gasteiger partial charge in [-0.25, -0.2) is 4.79 Å². The number of amides is 2. The van der Waals surface area contributed by atoms with E-state index in [0.29, 0.717) is 12.5 Å². The van der Waals surface area contributed by atoms with Gasteiger partial charge in [0.15, 0.2) is 0 Å². The molecule has 1 heterocycles. The predicted molar refractivity (Wildman–Crippen MR) is 79.5 cm³/mol. The lowest BCUT2D eigenvalue weighted by Gasteiger charge is -2.32. The SMILES string of the molecule is COCC1CCCN(C(=O)Nc2ccc(CN)cc2)C1. The highest BCUT2D eigenvalue weighted by molar-refractivity contribution is 5.89. The van der Waals surface area contributed by atoms with E-state index in [1.54, 1.807) is 7.11 Å². The number of nitrogens with zero attached hydrogens (tertiary/aromatic N) is 1. The molecule has 1 unspecified atom stereocenters. The summed E-state index contributed by atoms with van der Waals surface area (Å²) in [7, 11) is 1.71. The van der Waals surface area contributed by atoms with Gasteiger partial charge in [-0.05, 0) is 30.5 Å². The Hall–Kier alpha value is -1.59. The number of nitrogens with two attached hydrogens (primary N) is 1. The molecule has 5 heteroatoms. The molecule has 1 atom stereocenters. The van der Waals surface area contributed by atoms with Crippen LogP contribution < -0.4 is 11.1 Å². The number of carbonyl (C=O) groups is 1. The number of piperidine rings is 1. The van der Waals surface area contributed by atoms with E-state index in [4.69, 9.17) is 10.5 Å². The van der Waals surface area contributed by atoms with Crippen LogP contribution in [0.4, 0.5) is 10.5 Å². The number of rotatable bonds is 4. The van der Waals surface area contributed by atoms with Crippen LogP contribution in [-0.2, 0) is 11.3 Å². The lowest BCUT2D eigenvalue weighted by Crippen LogP contribution is -2.43. The number of hydrogen-bond donors (Lipinski definition) is 2. The van der Waals surface area contributed by atoms with E-state index in [1.807, 2.05) is 29.2 Å². The zero-order valence-corrected chi connectivity index (χ0v) is 12.0. The first-order chi connectivity index (χ1) is 9.72. The zero-order valence-electron chi connectivity index (χ0n) is 12.0. The molecule has 1 aliphatic rings. The van der Waals surface area contributed by atoms with Gasteiger partial charge in [-0.2, -0.15) is 0 Å². The Kier molecular flexibility index (Phi) is 5.38. The Bertz CT molecular complexity index is 431. The molecule has 1 aromatic rings. The molecule has 0 aliphatic carbocycles. The molecule has 3 N–H and O–H groups in total. The van der Waals surface area contributed by atoms with E-state index in [-0.39, 0.29) is 6.03 Å². The van der Waals surface area contributed by atoms with Crippen LogP contribution in [0, 0.1) is 5.92 Å². The second-order valence-corrected chi connectivity index (χ2v) is 5.24. The Balaban J connectivity index is 1.89. The van der Waals surface area contributed by atoms with E-state index in [1.165, 1.54) is 0 Å². The van der Waals surface area contributed by atoms with Gasteiger partial charge >= 0.3 is 6.03 Å². The standard InChI is InChI=1S/C15H23N3O2/c1-20-11-13-3-2-8-18(10-13)15(19)17-14-6-4-12(9-16)5-7-14/h4-7,13H,2-3,8-11,16H2,1H3,(H,17,19). The summed E-state index contributed by atoms with van der Waals surface area (Å²) in [5, 5.41) is 2.93. The lowest BCUT2D eigenvalue weighted by atomic mass is 9.99. The largest absolute Gasteiger partial charge is 0.384 e. The molecule has 1 aromatic carbocycles. The summed E-state index contributed by atoms with van der Waals surface area (Å²) in [6, 6.07) is 7.60. The third-order valence-electron chi connectivity index (χ3n) is 3.65. The smallest absolute Gasteiger partial charge is 0.321 e. The van der Waals surface area contributed by atoms with Crippen LogP contribution >= 0.6 is 0 Å². The van der Waals surface area contributed by atoms with Crippen LogP contribution in [0.25, 0.3) is 0 Å². The molecular formula is C15H23N3O2. The van der Waals surface area contributed by atoms with Crippen molar-refractivity contribution in [3.8, 4) is 0 Å². The van der Waals surface area contributed by atoms with Crippen LogP contribution in [0.5, 0.6) is 0 Å². The highest BCUT2D eigenvalue weighted by Crippen LogP contribution is 2.18. The monoisotopic (exact) mass is 277 g/mol. The number of likely N-dealkylation sites (tertiary alicyclic amines) is 1. The summed E-state index contributed by atoms with van der Waals surface area (Å²) in [5.41, 5.74) is 7.42. The average Bonchev–Trinajstić information content (AvgIpc) is 2.48. The fourth-order valence-electron chi connectivity index (χ4n) is 2.55. The third kappa shape index (κ3) is 3.95. The van der Waals surface area contributed by atoms with Crippen molar-refractivity contribution < 1.29 is 9.53 Å². The molecule has 0 saturated carbocycles. The quantitative estimate of drug-likeness (QED) is 0.885. The van der Waals surface area contributed by atoms with Crippen molar-refractivity contribution in [3.63, 3.8) is 0 Å². The van der Waals surface area contributed by atoms with Gasteiger partial charge in [0.1, 0.15) is 0 Å². The molecular weight excluding hydrogens is 254 g/mol. The topological polar surface area (TPSA) is 67.6 Å². The molecule has 1 fully saturated rings. The fourth-order valence-corrected chi connectivity index (χ4v) is 2.55. The summed E-state index contributed by atoms with van der Waals surface area (Å²) in [6.45, 7) is 2.81. The number of benzene rings is 1. The normalized spacial score (nSPS) is 18.9. The summed E-state index contributed by atoms with van der Waals surface area (Å²) in [5.74, 6) is 0.444. The number of hydrogen-bond acceptors (Lipinski definition) is 3. The van der Waals surface area contributed by atoms with Crippen molar-refractivity contribution >= 4 is 11.7 Å². The van der Waals surface area contributed by atoms with Gasteiger partial charge in [0.25, 0.3) is 0 Å². The van der Waals surface area contributed by atoms with E-state index in [2.05, 4.69) is 5.32 Å². The van der Waals surface area contributed by atoms with Crippen LogP contribution in [0.2, 0.25) is 0 Å². The fraction of sp³-hybridized carbons (Fsp3) is 0.533. The first-order valence-electron chi connectivity index (χ1n) is 7.07. The van der Waals surface area contributed by atoms with E-state index < -0.39 is 0 Å². The van der Waals surface area contributed by atoms with Gasteiger partial charge in [0, 0.05) is 38.3 Å². The van der Waals surface area contributed by atoms with Crippen molar-refractivity contribution in [2.24, 2.45) is 11.7 Å². The molecule has 0 aromatic heterocycles. The summed E-state index contributed by atoms with van der Waals surface area (Å²) in [6.07, 6.45) is 2.16. The molecule has 2 rings (SSSR count). The van der Waals surface area contributed by atoms with Crippen molar-refractivity contribution in [2.45, 2.75) is 19.4 Å². The second-order valence-electron chi connectivity index (χ2n) is 5.24. The highest BCUT2D eigenvalue weighted by atomic mass is 16.5. The van der Waals surface area contributed by atoms with Crippen molar-refractivity contribution in [2.75, 3.05) is 32.1 Å². The molecule has 110 valence electrons. The van der Waals surface area contributed by atoms with Crippen LogP contribution in [0.15, 0.2) is 24.3 Å². The summed E-state index contributed by atoms with van der Waals surface area (Å²) in [4.78, 5) is 14.1. The van der Waals surface area contributed by atoms with Gasteiger partial charge in [-0.1, -0.05) is 12.1 Å². The second kappa shape index (κ2) is 7.26. The van der Waals surface area contributed by atoms with E-state index in [0.717, 1.165) is 43.8 Å². The minimum atomic E-state index is -0.0358. The Labute approximate surface area is 120 Å². The Morgan fingerprint density at radius 1 is 1.45 bits per heavy atom. The maximum atomic E-state index is 12.2. The maximum Gasteiger partial charge on any atom is 0.321 e. The van der Waals surface area contributed by atoms with Gasteiger partial charge in [0.05, 0.1) is 6.61 Å². The van der Waals surface area contributed by atoms with Gasteiger partial charge in [-0.15, -0.1) is 0 Å². The molecule has 20 heavy (non-hydrogen) atoms. The molecule has 2 amide bonds. The first kappa shape index (κ1) is 14.8. The molecule has 0 spiro atoms. The predicted octanol–water partition coefficient (Wildman–Crippen LogP) is 2.04. The zero-order chi connectivity index (χ0) is 14.4. The van der Waals surface area contributed by atoms with Crippen LogP contribution in [0.3, 0.4) is 0 Å². The van der Waals surface area contributed by atoms with Crippen molar-refractivity contribution in [1.82, 2.24) is 4.90 Å². The Morgan fingerprint density at radius 3 is 2.85 bits per heavy atom. The third-order valence-corrected chi connectivity index (χ3v) is 3.65. The van der Waals surface area contributed by atoms with E-state index in [9.17, 15) is 4.79 Å². The van der Waals surface area contributed by atoms with Crippen molar-refractivity contribution in [3.05, 3.63) is 29.8 Å². The van der Waals surface area contributed by atoms with Crippen molar-refractivity contribution in [1.29, 1.82) is 0 Å². The molecule has 1 aliphatic heterocycles. The number of anilines is 1. The minimum Gasteiger partial charge on any atom is -0.384 e. The summed E-state index contributed by atoms with van der Waals surface area (Å²) < 4.78 is 5.18. The number of carbonyl (C=O) groups excluding carboxylic acids is 1. The maximum absolute atomic E-state index is 12.2. The minimum absolute atomic E-state index is 0.0358. The molecule has 1 saturated heterocycles. The lowest BCUT2D eigenvalue weighted by molar-refractivity contribution is 0.104. The number of ether oxygens (including phenoxy) is 1. The molecule has 0 bridgehead atoms. The van der Waals surface area contributed by atoms with Gasteiger partial charge in [0.2, 0.25) is 0 Å². The van der Waals surface area contributed by atoms with Crippen LogP contribution in [-0.4, -0.2) is 37.7 Å². The Morgan fingerprint density at radius 2 is 2.20 bits per heavy atom. The van der Waals surface area contributed by atoms with Gasteiger partial charge < -0.3 is 20.7 Å². The number of urea groups is 1. The average molecular weight is 277 g/mol. The first-order valence-corrected chi connectivity index (χ1v) is 7.07. The van der Waals surface area contributed by atoms with Crippen LogP contribution in [0.1, 0.15) is 18.4 Å². The molecule has 0 radical (unpaired) electrons. The summed E-state index contributed by atoms with van der Waals surface area (Å²) >= 11 is 0. The van der Waals surface area contributed by atoms with E-state index >= 15 is 0 Å². The molecule has 5 nitrogen and oxygen atoms in total.